The zero-order chi connectivity index (χ0) is 14.4. The van der Waals surface area contributed by atoms with Crippen molar-refractivity contribution in [1.29, 1.82) is 0 Å². The van der Waals surface area contributed by atoms with E-state index in [2.05, 4.69) is 12.1 Å². The van der Waals surface area contributed by atoms with E-state index in [9.17, 15) is 9.50 Å². The van der Waals surface area contributed by atoms with Gasteiger partial charge in [-0.3, -0.25) is 0 Å². The first-order chi connectivity index (χ1) is 10.3. The minimum atomic E-state index is -0.261. The van der Waals surface area contributed by atoms with Crippen molar-refractivity contribution in [3.05, 3.63) is 70.5 Å². The quantitative estimate of drug-likeness (QED) is 0.872. The highest BCUT2D eigenvalue weighted by molar-refractivity contribution is 7.59. The van der Waals surface area contributed by atoms with Crippen molar-refractivity contribution < 1.29 is 14.2 Å². The van der Waals surface area contributed by atoms with Crippen molar-refractivity contribution in [2.75, 3.05) is 6.61 Å². The molecule has 0 radical (unpaired) electrons. The molecule has 1 N–H and O–H groups in total. The van der Waals surface area contributed by atoms with Crippen LogP contribution in [0.25, 0.3) is 11.3 Å². The zero-order valence-electron chi connectivity index (χ0n) is 12.0. The molecule has 0 unspecified atom stereocenters. The number of fused-ring (bicyclic) bond motifs is 4. The summed E-state index contributed by atoms with van der Waals surface area (Å²) in [5.74, 6) is 0.469. The molecule has 0 saturated heterocycles. The molecule has 2 nitrogen and oxygen atoms in total. The Morgan fingerprint density at radius 3 is 2.68 bits per heavy atom. The maximum absolute atomic E-state index is 13.7. The van der Waals surface area contributed by atoms with Gasteiger partial charge in [0.05, 0.1) is 6.61 Å². The van der Waals surface area contributed by atoms with Crippen LogP contribution < -0.4 is 0 Å². The van der Waals surface area contributed by atoms with Gasteiger partial charge in [0.25, 0.3) is 0 Å². The number of ether oxygens (including phenoxy) is 1. The number of hydrogen-bond donors (Lipinski definition) is 1. The van der Waals surface area contributed by atoms with Crippen LogP contribution in [0.3, 0.4) is 0 Å². The summed E-state index contributed by atoms with van der Waals surface area (Å²) in [5, 5.41) is 9.41. The number of aliphatic hydroxyl groups excluding tert-OH is 1. The second-order valence-electron chi connectivity index (χ2n) is 5.57. The van der Waals surface area contributed by atoms with Crippen molar-refractivity contribution in [1.82, 2.24) is 0 Å². The molecule has 0 spiro atoms. The van der Waals surface area contributed by atoms with Gasteiger partial charge in [0, 0.05) is 17.6 Å². The molecule has 22 heavy (non-hydrogen) atoms. The average Bonchev–Trinajstić information content (AvgIpc) is 2.89. The Morgan fingerprint density at radius 1 is 1.09 bits per heavy atom. The topological polar surface area (TPSA) is 29.5 Å². The van der Waals surface area contributed by atoms with Gasteiger partial charge >= 0.3 is 0 Å². The molecular formula is C18H17FO2S. The SMILES string of the molecule is OC[C@@H]1CC2=C(O1)c1cc(F)ccc1Cc1ccccc12.S. The Kier molecular flexibility index (Phi) is 3.98. The monoisotopic (exact) mass is 316 g/mol. The Bertz CT molecular complexity index is 755. The van der Waals surface area contributed by atoms with Gasteiger partial charge in [-0.1, -0.05) is 30.3 Å². The Balaban J connectivity index is 0.00000144. The number of aliphatic hydroxyl groups is 1. The third-order valence-corrected chi connectivity index (χ3v) is 4.23. The number of benzene rings is 2. The van der Waals surface area contributed by atoms with Crippen LogP contribution >= 0.6 is 13.5 Å². The minimum absolute atomic E-state index is 0. The standard InChI is InChI=1S/C18H15FO2.H2S/c19-13-6-5-12-7-11-3-1-2-4-15(11)17-9-14(10-20)21-18(17)16(12)8-13;/h1-6,8,14,20H,7,9-10H2;1H2/t14-;/m0./s1. The molecule has 2 aliphatic rings. The minimum Gasteiger partial charge on any atom is -0.487 e. The molecule has 1 heterocycles. The van der Waals surface area contributed by atoms with Gasteiger partial charge < -0.3 is 9.84 Å². The fourth-order valence-corrected chi connectivity index (χ4v) is 3.25. The highest BCUT2D eigenvalue weighted by Gasteiger charge is 2.31. The zero-order valence-corrected chi connectivity index (χ0v) is 13.0. The molecule has 2 aromatic rings. The van der Waals surface area contributed by atoms with E-state index in [1.165, 1.54) is 17.7 Å². The molecule has 1 aliphatic carbocycles. The lowest BCUT2D eigenvalue weighted by Crippen LogP contribution is -2.12. The molecule has 2 aromatic carbocycles. The van der Waals surface area contributed by atoms with Crippen LogP contribution in [0.5, 0.6) is 0 Å². The molecular weight excluding hydrogens is 299 g/mol. The molecule has 0 bridgehead atoms. The highest BCUT2D eigenvalue weighted by Crippen LogP contribution is 2.43. The fraction of sp³-hybridized carbons (Fsp3) is 0.222. The Morgan fingerprint density at radius 2 is 1.86 bits per heavy atom. The molecule has 0 aromatic heterocycles. The second-order valence-corrected chi connectivity index (χ2v) is 5.57. The number of rotatable bonds is 1. The Hall–Kier alpha value is -1.78. The highest BCUT2D eigenvalue weighted by atomic mass is 32.1. The first-order valence-electron chi connectivity index (χ1n) is 7.14. The maximum Gasteiger partial charge on any atom is 0.131 e. The van der Waals surface area contributed by atoms with Crippen LogP contribution in [0.15, 0.2) is 42.5 Å². The van der Waals surface area contributed by atoms with E-state index in [1.54, 1.807) is 0 Å². The fourth-order valence-electron chi connectivity index (χ4n) is 3.25. The first-order valence-corrected chi connectivity index (χ1v) is 7.14. The number of hydrogen-bond acceptors (Lipinski definition) is 2. The van der Waals surface area contributed by atoms with E-state index in [1.807, 2.05) is 18.2 Å². The summed E-state index contributed by atoms with van der Waals surface area (Å²) in [7, 11) is 0. The van der Waals surface area contributed by atoms with Crippen molar-refractivity contribution in [2.45, 2.75) is 18.9 Å². The summed E-state index contributed by atoms with van der Waals surface area (Å²) < 4.78 is 19.6. The smallest absolute Gasteiger partial charge is 0.131 e. The molecule has 114 valence electrons. The second kappa shape index (κ2) is 5.78. The molecule has 0 amide bonds. The third-order valence-electron chi connectivity index (χ3n) is 4.23. The van der Waals surface area contributed by atoms with Crippen molar-refractivity contribution in [3.63, 3.8) is 0 Å². The number of halogens is 1. The van der Waals surface area contributed by atoms with Crippen LogP contribution in [0.2, 0.25) is 0 Å². The van der Waals surface area contributed by atoms with Gasteiger partial charge in [-0.05, 0) is 35.2 Å². The summed E-state index contributed by atoms with van der Waals surface area (Å²) in [6.07, 6.45) is 1.20. The summed E-state index contributed by atoms with van der Waals surface area (Å²) in [6, 6.07) is 13.1. The van der Waals surface area contributed by atoms with Gasteiger partial charge in [-0.25, -0.2) is 4.39 Å². The predicted molar refractivity (Wildman–Crippen MR) is 89.4 cm³/mol. The molecule has 1 aliphatic heterocycles. The van der Waals surface area contributed by atoms with Gasteiger partial charge in [-0.15, -0.1) is 0 Å². The average molecular weight is 316 g/mol. The molecule has 0 fully saturated rings. The first kappa shape index (κ1) is 15.1. The van der Waals surface area contributed by atoms with Gasteiger partial charge in [0.2, 0.25) is 0 Å². The van der Waals surface area contributed by atoms with Gasteiger partial charge in [0.1, 0.15) is 17.7 Å². The predicted octanol–water partition coefficient (Wildman–Crippen LogP) is 3.49. The van der Waals surface area contributed by atoms with Crippen LogP contribution in [-0.2, 0) is 11.2 Å². The summed E-state index contributed by atoms with van der Waals surface area (Å²) >= 11 is 0. The largest absolute Gasteiger partial charge is 0.487 e. The van der Waals surface area contributed by atoms with Crippen molar-refractivity contribution in [2.24, 2.45) is 0 Å². The lowest BCUT2D eigenvalue weighted by Gasteiger charge is -2.13. The van der Waals surface area contributed by atoms with Crippen molar-refractivity contribution in [3.8, 4) is 0 Å². The van der Waals surface area contributed by atoms with Crippen LogP contribution in [0.4, 0.5) is 4.39 Å². The van der Waals surface area contributed by atoms with E-state index >= 15 is 0 Å². The van der Waals surface area contributed by atoms with E-state index in [0.717, 1.165) is 34.4 Å². The molecule has 4 rings (SSSR count). The molecule has 4 heteroatoms. The lowest BCUT2D eigenvalue weighted by molar-refractivity contribution is 0.109. The van der Waals surface area contributed by atoms with E-state index < -0.39 is 0 Å². The summed E-state index contributed by atoms with van der Waals surface area (Å²) in [5.41, 5.74) is 5.33. The van der Waals surface area contributed by atoms with Crippen LogP contribution in [-0.4, -0.2) is 17.8 Å². The van der Waals surface area contributed by atoms with Crippen molar-refractivity contribution >= 4 is 24.8 Å². The third kappa shape index (κ3) is 2.32. The summed E-state index contributed by atoms with van der Waals surface area (Å²) in [6.45, 7) is -0.0280. The van der Waals surface area contributed by atoms with E-state index in [4.69, 9.17) is 4.74 Å². The van der Waals surface area contributed by atoms with Crippen LogP contribution in [0, 0.1) is 5.82 Å². The van der Waals surface area contributed by atoms with Crippen LogP contribution in [0.1, 0.15) is 28.7 Å². The van der Waals surface area contributed by atoms with E-state index in [-0.39, 0.29) is 32.0 Å². The maximum atomic E-state index is 13.7. The summed E-state index contributed by atoms with van der Waals surface area (Å²) in [4.78, 5) is 0. The van der Waals surface area contributed by atoms with Gasteiger partial charge in [0.15, 0.2) is 0 Å². The lowest BCUT2D eigenvalue weighted by atomic mass is 9.95. The molecule has 1 atom stereocenters. The normalized spacial score (nSPS) is 18.5. The van der Waals surface area contributed by atoms with Gasteiger partial charge in [-0.2, -0.15) is 13.5 Å². The molecule has 0 saturated carbocycles. The Labute approximate surface area is 135 Å². The van der Waals surface area contributed by atoms with E-state index in [0.29, 0.717) is 6.42 Å².